The van der Waals surface area contributed by atoms with Crippen LogP contribution in [0.4, 0.5) is 11.4 Å². The van der Waals surface area contributed by atoms with Crippen molar-refractivity contribution in [3.63, 3.8) is 0 Å². The van der Waals surface area contributed by atoms with Gasteiger partial charge in [0.25, 0.3) is 5.91 Å². The summed E-state index contributed by atoms with van der Waals surface area (Å²) in [5.41, 5.74) is 2.17. The molecule has 22 heavy (non-hydrogen) atoms. The molecule has 0 spiro atoms. The Labute approximate surface area is 130 Å². The third-order valence-electron chi connectivity index (χ3n) is 3.29. The minimum atomic E-state index is -0.128. The first-order chi connectivity index (χ1) is 10.7. The lowest BCUT2D eigenvalue weighted by molar-refractivity contribution is 0.0988. The highest BCUT2D eigenvalue weighted by atomic mass is 16.5. The summed E-state index contributed by atoms with van der Waals surface area (Å²) in [4.78, 5) is 18.2. The Morgan fingerprint density at radius 2 is 2.00 bits per heavy atom. The third-order valence-corrected chi connectivity index (χ3v) is 3.29. The van der Waals surface area contributed by atoms with Crippen molar-refractivity contribution >= 4 is 17.3 Å². The van der Waals surface area contributed by atoms with Crippen LogP contribution in [-0.4, -0.2) is 38.2 Å². The Morgan fingerprint density at radius 1 is 1.23 bits per heavy atom. The highest BCUT2D eigenvalue weighted by Crippen LogP contribution is 2.14. The van der Waals surface area contributed by atoms with Crippen molar-refractivity contribution in [2.45, 2.75) is 6.42 Å². The predicted molar refractivity (Wildman–Crippen MR) is 88.4 cm³/mol. The van der Waals surface area contributed by atoms with Crippen LogP contribution in [0.1, 0.15) is 16.9 Å². The summed E-state index contributed by atoms with van der Waals surface area (Å²) in [6, 6.07) is 13.1. The number of aromatic nitrogens is 1. The number of nitrogens with zero attached hydrogens (tertiary/aromatic N) is 2. The quantitative estimate of drug-likeness (QED) is 0.799. The van der Waals surface area contributed by atoms with Crippen LogP contribution in [0.2, 0.25) is 0 Å². The van der Waals surface area contributed by atoms with Crippen LogP contribution < -0.4 is 10.2 Å². The van der Waals surface area contributed by atoms with Gasteiger partial charge < -0.3 is 15.0 Å². The number of ether oxygens (including phenoxy) is 1. The van der Waals surface area contributed by atoms with Crippen molar-refractivity contribution in [1.82, 2.24) is 4.98 Å². The monoisotopic (exact) mass is 299 g/mol. The Bertz CT molecular complexity index is 585. The Morgan fingerprint density at radius 3 is 2.64 bits per heavy atom. The molecular weight excluding hydrogens is 278 g/mol. The molecule has 0 unspecified atom stereocenters. The zero-order valence-corrected chi connectivity index (χ0v) is 13.0. The van der Waals surface area contributed by atoms with Gasteiger partial charge in [-0.2, -0.15) is 0 Å². The van der Waals surface area contributed by atoms with Gasteiger partial charge in [-0.15, -0.1) is 0 Å². The van der Waals surface area contributed by atoms with E-state index in [4.69, 9.17) is 4.74 Å². The molecule has 0 fully saturated rings. The van der Waals surface area contributed by atoms with Crippen molar-refractivity contribution in [1.29, 1.82) is 0 Å². The van der Waals surface area contributed by atoms with Gasteiger partial charge in [0.2, 0.25) is 0 Å². The van der Waals surface area contributed by atoms with Crippen molar-refractivity contribution in [2.75, 3.05) is 37.5 Å². The van der Waals surface area contributed by atoms with E-state index in [0.717, 1.165) is 30.9 Å². The summed E-state index contributed by atoms with van der Waals surface area (Å²) in [7, 11) is 3.43. The number of benzene rings is 1. The molecule has 116 valence electrons. The third kappa shape index (κ3) is 4.30. The van der Waals surface area contributed by atoms with Gasteiger partial charge in [0.1, 0.15) is 5.69 Å². The van der Waals surface area contributed by atoms with Gasteiger partial charge in [-0.3, -0.25) is 4.79 Å². The normalized spacial score (nSPS) is 10.3. The van der Waals surface area contributed by atoms with Gasteiger partial charge in [0.05, 0.1) is 11.9 Å². The molecule has 0 saturated heterocycles. The minimum absolute atomic E-state index is 0.128. The molecule has 0 radical (unpaired) electrons. The maximum atomic E-state index is 12.4. The number of para-hydroxylation sites is 1. The van der Waals surface area contributed by atoms with Gasteiger partial charge in [0, 0.05) is 33.0 Å². The van der Waals surface area contributed by atoms with Gasteiger partial charge in [-0.05, 0) is 30.7 Å². The number of rotatable bonds is 7. The molecule has 0 saturated carbocycles. The molecule has 2 rings (SSSR count). The van der Waals surface area contributed by atoms with Crippen LogP contribution in [0.3, 0.4) is 0 Å². The molecule has 1 heterocycles. The van der Waals surface area contributed by atoms with E-state index in [1.807, 2.05) is 36.4 Å². The topological polar surface area (TPSA) is 54.5 Å². The average Bonchev–Trinajstić information content (AvgIpc) is 2.59. The molecule has 0 bridgehead atoms. The van der Waals surface area contributed by atoms with E-state index in [1.54, 1.807) is 31.3 Å². The molecule has 1 aromatic heterocycles. The second-order valence-corrected chi connectivity index (χ2v) is 4.90. The minimum Gasteiger partial charge on any atom is -0.385 e. The predicted octanol–water partition coefficient (Wildman–Crippen LogP) is 2.81. The number of carbonyl (C=O) groups is 1. The number of nitrogens with one attached hydrogen (secondary N) is 1. The molecule has 1 amide bonds. The van der Waals surface area contributed by atoms with E-state index in [9.17, 15) is 4.79 Å². The van der Waals surface area contributed by atoms with Gasteiger partial charge >= 0.3 is 0 Å². The van der Waals surface area contributed by atoms with E-state index in [0.29, 0.717) is 5.69 Å². The number of hydrogen-bond acceptors (Lipinski definition) is 4. The summed E-state index contributed by atoms with van der Waals surface area (Å²) in [6.45, 7) is 1.53. The molecule has 5 heteroatoms. The molecular formula is C17H21N3O2. The van der Waals surface area contributed by atoms with Crippen molar-refractivity contribution < 1.29 is 9.53 Å². The number of amides is 1. The van der Waals surface area contributed by atoms with Crippen LogP contribution in [0.5, 0.6) is 0 Å². The Kier molecular flexibility index (Phi) is 5.91. The van der Waals surface area contributed by atoms with Crippen molar-refractivity contribution in [2.24, 2.45) is 0 Å². The van der Waals surface area contributed by atoms with Crippen LogP contribution >= 0.6 is 0 Å². The molecule has 0 aliphatic heterocycles. The average molecular weight is 299 g/mol. The second-order valence-electron chi connectivity index (χ2n) is 4.90. The zero-order chi connectivity index (χ0) is 15.8. The molecule has 0 aliphatic carbocycles. The summed E-state index contributed by atoms with van der Waals surface area (Å²) in [5, 5.41) is 3.24. The molecule has 1 N–H and O–H groups in total. The first kappa shape index (κ1) is 16.0. The first-order valence-corrected chi connectivity index (χ1v) is 7.24. The van der Waals surface area contributed by atoms with E-state index < -0.39 is 0 Å². The van der Waals surface area contributed by atoms with E-state index in [2.05, 4.69) is 10.3 Å². The Hall–Kier alpha value is -2.40. The van der Waals surface area contributed by atoms with Crippen LogP contribution in [0.25, 0.3) is 0 Å². The number of carbonyl (C=O) groups excluding carboxylic acids is 1. The summed E-state index contributed by atoms with van der Waals surface area (Å²) < 4.78 is 4.99. The largest absolute Gasteiger partial charge is 0.385 e. The van der Waals surface area contributed by atoms with Gasteiger partial charge in [-0.1, -0.05) is 18.2 Å². The summed E-state index contributed by atoms with van der Waals surface area (Å²) in [5.74, 6) is -0.128. The molecule has 2 aromatic rings. The molecule has 0 aliphatic rings. The number of pyridine rings is 1. The van der Waals surface area contributed by atoms with Gasteiger partial charge in [0.15, 0.2) is 0 Å². The van der Waals surface area contributed by atoms with E-state index in [1.165, 1.54) is 0 Å². The maximum Gasteiger partial charge on any atom is 0.276 e. The highest BCUT2D eigenvalue weighted by Gasteiger charge is 2.14. The van der Waals surface area contributed by atoms with E-state index >= 15 is 0 Å². The molecule has 5 nitrogen and oxygen atoms in total. The Balaban J connectivity index is 1.96. The van der Waals surface area contributed by atoms with Gasteiger partial charge in [-0.25, -0.2) is 4.98 Å². The van der Waals surface area contributed by atoms with Crippen LogP contribution in [0, 0.1) is 0 Å². The maximum absolute atomic E-state index is 12.4. The summed E-state index contributed by atoms with van der Waals surface area (Å²) in [6.07, 6.45) is 2.60. The second kappa shape index (κ2) is 8.14. The standard InChI is InChI=1S/C17H21N3O2/c1-20(15-7-4-3-5-8-15)17(21)16-10-9-14(13-19-16)18-11-6-12-22-2/h3-5,7-10,13,18H,6,11-12H2,1-2H3. The smallest absolute Gasteiger partial charge is 0.276 e. The zero-order valence-electron chi connectivity index (χ0n) is 13.0. The van der Waals surface area contributed by atoms with Crippen molar-refractivity contribution in [3.8, 4) is 0 Å². The lowest BCUT2D eigenvalue weighted by atomic mass is 10.2. The number of methoxy groups -OCH3 is 1. The lowest BCUT2D eigenvalue weighted by Gasteiger charge is -2.16. The molecule has 1 aromatic carbocycles. The number of hydrogen-bond donors (Lipinski definition) is 1. The first-order valence-electron chi connectivity index (χ1n) is 7.24. The lowest BCUT2D eigenvalue weighted by Crippen LogP contribution is -2.26. The fraction of sp³-hybridized carbons (Fsp3) is 0.294. The fourth-order valence-electron chi connectivity index (χ4n) is 2.01. The fourth-order valence-corrected chi connectivity index (χ4v) is 2.01. The highest BCUT2D eigenvalue weighted by molar-refractivity contribution is 6.04. The number of anilines is 2. The molecule has 0 atom stereocenters. The van der Waals surface area contributed by atoms with Crippen molar-refractivity contribution in [3.05, 3.63) is 54.4 Å². The van der Waals surface area contributed by atoms with E-state index in [-0.39, 0.29) is 5.91 Å². The summed E-state index contributed by atoms with van der Waals surface area (Å²) >= 11 is 0. The van der Waals surface area contributed by atoms with Crippen LogP contribution in [0.15, 0.2) is 48.7 Å². The van der Waals surface area contributed by atoms with Crippen LogP contribution in [-0.2, 0) is 4.74 Å². The SMILES string of the molecule is COCCCNc1ccc(C(=O)N(C)c2ccccc2)nc1.